The van der Waals surface area contributed by atoms with Gasteiger partial charge in [0.2, 0.25) is 5.88 Å². The summed E-state index contributed by atoms with van der Waals surface area (Å²) in [4.78, 5) is 25.8. The van der Waals surface area contributed by atoms with Gasteiger partial charge in [0.25, 0.3) is 5.56 Å². The monoisotopic (exact) mass is 279 g/mol. The van der Waals surface area contributed by atoms with Crippen LogP contribution in [0.15, 0.2) is 33.6 Å². The molecule has 0 aliphatic rings. The van der Waals surface area contributed by atoms with Crippen LogP contribution in [0.1, 0.15) is 13.3 Å². The molecule has 0 amide bonds. The lowest BCUT2D eigenvalue weighted by molar-refractivity contribution is 0.305. The van der Waals surface area contributed by atoms with Gasteiger partial charge in [0, 0.05) is 12.3 Å². The third-order valence-electron chi connectivity index (χ3n) is 2.09. The van der Waals surface area contributed by atoms with Gasteiger partial charge in [-0.1, -0.05) is 6.92 Å². The van der Waals surface area contributed by atoms with Crippen LogP contribution in [0.25, 0.3) is 0 Å². The zero-order valence-electron chi connectivity index (χ0n) is 10.3. The van der Waals surface area contributed by atoms with Crippen LogP contribution in [0.3, 0.4) is 0 Å². The molecule has 3 N–H and O–H groups in total. The maximum atomic E-state index is 11.2. The minimum atomic E-state index is -0.229. The number of nitrogen functional groups attached to an aromatic ring is 1. The number of hydrogen-bond acceptors (Lipinski definition) is 7. The number of hydrogen-bond donors (Lipinski definition) is 2. The third-order valence-corrected chi connectivity index (χ3v) is 3.01. The minimum absolute atomic E-state index is 0.229. The van der Waals surface area contributed by atoms with Crippen LogP contribution in [0.5, 0.6) is 5.88 Å². The number of aromatic nitrogens is 4. The first-order chi connectivity index (χ1) is 9.20. The fourth-order valence-electron chi connectivity index (χ4n) is 1.25. The van der Waals surface area contributed by atoms with Crippen LogP contribution in [-0.2, 0) is 0 Å². The quantitative estimate of drug-likeness (QED) is 0.623. The lowest BCUT2D eigenvalue weighted by atomic mass is 10.5. The molecular formula is C11H13N5O2S. The largest absolute Gasteiger partial charge is 0.476 e. The molecule has 2 aromatic heterocycles. The predicted molar refractivity (Wildman–Crippen MR) is 71.2 cm³/mol. The predicted octanol–water partition coefficient (Wildman–Crippen LogP) is 1.08. The molecule has 2 rings (SSSR count). The highest BCUT2D eigenvalue weighted by molar-refractivity contribution is 7.99. The third kappa shape index (κ3) is 3.44. The Morgan fingerprint density at radius 2 is 2.26 bits per heavy atom. The van der Waals surface area contributed by atoms with Crippen LogP contribution < -0.4 is 16.0 Å². The lowest BCUT2D eigenvalue weighted by Crippen LogP contribution is -2.06. The molecular weight excluding hydrogens is 266 g/mol. The van der Waals surface area contributed by atoms with Crippen molar-refractivity contribution < 1.29 is 4.74 Å². The second kappa shape index (κ2) is 6.19. The summed E-state index contributed by atoms with van der Waals surface area (Å²) >= 11 is 1.15. The Bertz CT molecular complexity index is 616. The van der Waals surface area contributed by atoms with Crippen molar-refractivity contribution in [2.45, 2.75) is 23.5 Å². The van der Waals surface area contributed by atoms with Crippen molar-refractivity contribution in [1.29, 1.82) is 0 Å². The maximum Gasteiger partial charge on any atom is 0.251 e. The summed E-state index contributed by atoms with van der Waals surface area (Å²) in [5.41, 5.74) is 6.03. The molecule has 19 heavy (non-hydrogen) atoms. The summed E-state index contributed by atoms with van der Waals surface area (Å²) in [6.45, 7) is 2.53. The molecule has 0 unspecified atom stereocenters. The van der Waals surface area contributed by atoms with Gasteiger partial charge >= 0.3 is 0 Å². The van der Waals surface area contributed by atoms with E-state index in [9.17, 15) is 4.79 Å². The number of nitrogens with zero attached hydrogens (tertiary/aromatic N) is 3. The Morgan fingerprint density at radius 3 is 3.00 bits per heavy atom. The average molecular weight is 279 g/mol. The second-order valence-corrected chi connectivity index (χ2v) is 4.56. The Balaban J connectivity index is 2.23. The van der Waals surface area contributed by atoms with E-state index in [1.807, 2.05) is 6.92 Å². The SMILES string of the molecule is CCCOc1ncnc(Sc2nccc(=O)[nH]2)c1N. The van der Waals surface area contributed by atoms with E-state index in [4.69, 9.17) is 10.5 Å². The highest BCUT2D eigenvalue weighted by Crippen LogP contribution is 2.31. The molecule has 100 valence electrons. The van der Waals surface area contributed by atoms with Crippen molar-refractivity contribution in [3.63, 3.8) is 0 Å². The van der Waals surface area contributed by atoms with E-state index in [0.29, 0.717) is 28.4 Å². The molecule has 2 aromatic rings. The zero-order valence-corrected chi connectivity index (χ0v) is 11.1. The Labute approximate surface area is 113 Å². The molecule has 2 heterocycles. The fraction of sp³-hybridized carbons (Fsp3) is 0.273. The van der Waals surface area contributed by atoms with Gasteiger partial charge in [-0.2, -0.15) is 4.98 Å². The Morgan fingerprint density at radius 1 is 1.42 bits per heavy atom. The summed E-state index contributed by atoms with van der Waals surface area (Å²) in [6, 6.07) is 1.34. The van der Waals surface area contributed by atoms with Gasteiger partial charge in [-0.25, -0.2) is 9.97 Å². The van der Waals surface area contributed by atoms with Crippen LogP contribution in [0, 0.1) is 0 Å². The van der Waals surface area contributed by atoms with Crippen LogP contribution in [0.4, 0.5) is 5.69 Å². The topological polar surface area (TPSA) is 107 Å². The molecule has 0 spiro atoms. The summed E-state index contributed by atoms with van der Waals surface area (Å²) in [5.74, 6) is 0.345. The highest BCUT2D eigenvalue weighted by atomic mass is 32.2. The van der Waals surface area contributed by atoms with Gasteiger partial charge in [0.1, 0.15) is 17.0 Å². The van der Waals surface area contributed by atoms with E-state index < -0.39 is 0 Å². The molecule has 0 aliphatic carbocycles. The van der Waals surface area contributed by atoms with Gasteiger partial charge in [-0.15, -0.1) is 0 Å². The van der Waals surface area contributed by atoms with E-state index in [1.54, 1.807) is 0 Å². The van der Waals surface area contributed by atoms with E-state index in [-0.39, 0.29) is 5.56 Å². The van der Waals surface area contributed by atoms with Crippen molar-refractivity contribution >= 4 is 17.4 Å². The van der Waals surface area contributed by atoms with Crippen molar-refractivity contribution in [3.8, 4) is 5.88 Å². The molecule has 8 heteroatoms. The fourth-order valence-corrected chi connectivity index (χ4v) is 2.00. The Hall–Kier alpha value is -2.09. The van der Waals surface area contributed by atoms with E-state index in [0.717, 1.165) is 18.2 Å². The number of H-pyrrole nitrogens is 1. The van der Waals surface area contributed by atoms with E-state index in [1.165, 1.54) is 18.6 Å². The molecule has 0 aromatic carbocycles. The molecule has 0 aliphatic heterocycles. The van der Waals surface area contributed by atoms with E-state index >= 15 is 0 Å². The molecule has 0 atom stereocenters. The summed E-state index contributed by atoms with van der Waals surface area (Å²) in [6.07, 6.45) is 3.65. The molecule has 0 bridgehead atoms. The second-order valence-electron chi connectivity index (χ2n) is 3.59. The Kier molecular flexibility index (Phi) is 4.35. The molecule has 0 radical (unpaired) electrons. The number of nitrogens with two attached hydrogens (primary N) is 1. The average Bonchev–Trinajstić information content (AvgIpc) is 2.40. The smallest absolute Gasteiger partial charge is 0.251 e. The number of aromatic amines is 1. The number of rotatable bonds is 5. The molecule has 0 fully saturated rings. The van der Waals surface area contributed by atoms with Gasteiger partial charge < -0.3 is 15.5 Å². The number of nitrogens with one attached hydrogen (secondary N) is 1. The van der Waals surface area contributed by atoms with Crippen molar-refractivity contribution in [2.24, 2.45) is 0 Å². The normalized spacial score (nSPS) is 10.4. The lowest BCUT2D eigenvalue weighted by Gasteiger charge is -2.08. The van der Waals surface area contributed by atoms with Crippen LogP contribution in [0.2, 0.25) is 0 Å². The van der Waals surface area contributed by atoms with E-state index in [2.05, 4.69) is 19.9 Å². The molecule has 0 saturated heterocycles. The zero-order chi connectivity index (χ0) is 13.7. The van der Waals surface area contributed by atoms with Gasteiger partial charge in [-0.05, 0) is 18.2 Å². The van der Waals surface area contributed by atoms with Gasteiger partial charge in [0.15, 0.2) is 5.16 Å². The number of ether oxygens (including phenoxy) is 1. The minimum Gasteiger partial charge on any atom is -0.476 e. The van der Waals surface area contributed by atoms with Crippen molar-refractivity contribution in [2.75, 3.05) is 12.3 Å². The maximum absolute atomic E-state index is 11.2. The first-order valence-corrected chi connectivity index (χ1v) is 6.48. The van der Waals surface area contributed by atoms with Crippen molar-refractivity contribution in [1.82, 2.24) is 19.9 Å². The highest BCUT2D eigenvalue weighted by Gasteiger charge is 2.11. The summed E-state index contributed by atoms with van der Waals surface area (Å²) in [5, 5.41) is 0.912. The molecule has 0 saturated carbocycles. The van der Waals surface area contributed by atoms with Gasteiger partial charge in [-0.3, -0.25) is 4.79 Å². The summed E-state index contributed by atoms with van der Waals surface area (Å²) in [7, 11) is 0. The standard InChI is InChI=1S/C11H13N5O2S/c1-2-5-18-9-8(12)10(15-6-14-9)19-11-13-4-3-7(17)16-11/h3-4,6H,2,5,12H2,1H3,(H,13,16,17). The summed E-state index contributed by atoms with van der Waals surface area (Å²) < 4.78 is 5.41. The van der Waals surface area contributed by atoms with Gasteiger partial charge in [0.05, 0.1) is 6.61 Å². The van der Waals surface area contributed by atoms with Crippen molar-refractivity contribution in [3.05, 3.63) is 28.9 Å². The van der Waals surface area contributed by atoms with Crippen LogP contribution in [-0.4, -0.2) is 26.5 Å². The molecule has 7 nitrogen and oxygen atoms in total. The first-order valence-electron chi connectivity index (χ1n) is 5.67. The van der Waals surface area contributed by atoms with Crippen LogP contribution >= 0.6 is 11.8 Å². The number of anilines is 1. The first kappa shape index (κ1) is 13.3.